The Labute approximate surface area is 170 Å². The fourth-order valence-electron chi connectivity index (χ4n) is 2.40. The summed E-state index contributed by atoms with van der Waals surface area (Å²) >= 11 is 0. The molecule has 0 aromatic heterocycles. The first-order valence-corrected chi connectivity index (χ1v) is 8.62. The Kier molecular flexibility index (Phi) is 6.14. The van der Waals surface area contributed by atoms with Crippen molar-refractivity contribution in [3.63, 3.8) is 0 Å². The minimum atomic E-state index is -0.652. The topological polar surface area (TPSA) is 131 Å². The smallest absolute Gasteiger partial charge is 0.343 e. The van der Waals surface area contributed by atoms with Crippen LogP contribution in [0, 0.1) is 10.1 Å². The van der Waals surface area contributed by atoms with Gasteiger partial charge in [0.2, 0.25) is 0 Å². The van der Waals surface area contributed by atoms with Crippen LogP contribution in [-0.2, 0) is 0 Å². The van der Waals surface area contributed by atoms with Gasteiger partial charge in [0, 0.05) is 12.1 Å². The molecule has 0 spiro atoms. The quantitative estimate of drug-likeness (QED) is 0.213. The Balaban J connectivity index is 1.57. The lowest BCUT2D eigenvalue weighted by Gasteiger charge is -2.05. The summed E-state index contributed by atoms with van der Waals surface area (Å²) in [6, 6.07) is 17.5. The molecule has 3 rings (SSSR count). The summed E-state index contributed by atoms with van der Waals surface area (Å²) in [4.78, 5) is 34.1. The third kappa shape index (κ3) is 5.04. The van der Waals surface area contributed by atoms with Gasteiger partial charge < -0.3 is 9.84 Å². The number of nitrogens with zero attached hydrogens (tertiary/aromatic N) is 2. The SMILES string of the molecule is O=C(Oc1ccc(C=NNC(=O)c2ccccc2O)cc1)c1ccc([N+](=O)[O-])cc1. The van der Waals surface area contributed by atoms with Crippen LogP contribution < -0.4 is 10.2 Å². The van der Waals surface area contributed by atoms with Gasteiger partial charge in [-0.05, 0) is 54.1 Å². The number of non-ortho nitro benzene ring substituents is 1. The van der Waals surface area contributed by atoms with Gasteiger partial charge in [0.25, 0.3) is 11.6 Å². The summed E-state index contributed by atoms with van der Waals surface area (Å²) < 4.78 is 5.22. The standard InChI is InChI=1S/C21H15N3O6/c25-19-4-2-1-3-18(19)20(26)23-22-13-14-5-11-17(12-6-14)30-21(27)15-7-9-16(10-8-15)24(28)29/h1-13,25H,(H,23,26). The van der Waals surface area contributed by atoms with Crippen molar-refractivity contribution in [3.05, 3.63) is 99.6 Å². The third-order valence-electron chi connectivity index (χ3n) is 3.93. The van der Waals surface area contributed by atoms with E-state index >= 15 is 0 Å². The van der Waals surface area contributed by atoms with Gasteiger partial charge in [0.15, 0.2) is 0 Å². The molecule has 0 aliphatic rings. The first kappa shape index (κ1) is 20.2. The molecule has 3 aromatic carbocycles. The first-order valence-electron chi connectivity index (χ1n) is 8.62. The molecule has 0 saturated heterocycles. The van der Waals surface area contributed by atoms with Crippen LogP contribution in [0.2, 0.25) is 0 Å². The summed E-state index contributed by atoms with van der Waals surface area (Å²) in [6.07, 6.45) is 1.39. The highest BCUT2D eigenvalue weighted by molar-refractivity contribution is 5.97. The monoisotopic (exact) mass is 405 g/mol. The van der Waals surface area contributed by atoms with Crippen LogP contribution in [0.15, 0.2) is 77.9 Å². The molecular weight excluding hydrogens is 390 g/mol. The molecule has 3 aromatic rings. The van der Waals surface area contributed by atoms with Gasteiger partial charge in [-0.2, -0.15) is 5.10 Å². The maximum atomic E-state index is 12.1. The number of ether oxygens (including phenoxy) is 1. The number of benzene rings is 3. The van der Waals surface area contributed by atoms with Crippen LogP contribution in [0.3, 0.4) is 0 Å². The third-order valence-corrected chi connectivity index (χ3v) is 3.93. The van der Waals surface area contributed by atoms with E-state index in [4.69, 9.17) is 4.74 Å². The molecule has 150 valence electrons. The number of hydrazone groups is 1. The molecule has 9 heteroatoms. The summed E-state index contributed by atoms with van der Waals surface area (Å²) in [5.74, 6) is -1.09. The van der Waals surface area contributed by atoms with Crippen molar-refractivity contribution in [2.24, 2.45) is 5.10 Å². The predicted molar refractivity (Wildman–Crippen MR) is 108 cm³/mol. The van der Waals surface area contributed by atoms with Crippen molar-refractivity contribution in [2.45, 2.75) is 0 Å². The molecule has 30 heavy (non-hydrogen) atoms. The van der Waals surface area contributed by atoms with E-state index in [1.54, 1.807) is 24.3 Å². The van der Waals surface area contributed by atoms with Gasteiger partial charge in [0.05, 0.1) is 22.3 Å². The first-order chi connectivity index (χ1) is 14.4. The molecule has 0 saturated carbocycles. The number of hydrogen-bond donors (Lipinski definition) is 2. The predicted octanol–water partition coefficient (Wildman–Crippen LogP) is 3.28. The van der Waals surface area contributed by atoms with Gasteiger partial charge in [0.1, 0.15) is 11.5 Å². The van der Waals surface area contributed by atoms with E-state index in [1.165, 1.54) is 54.7 Å². The number of nitrogens with one attached hydrogen (secondary N) is 1. The second-order valence-corrected chi connectivity index (χ2v) is 5.98. The van der Waals surface area contributed by atoms with E-state index in [1.807, 2.05) is 0 Å². The number of hydrogen-bond acceptors (Lipinski definition) is 7. The van der Waals surface area contributed by atoms with Crippen LogP contribution in [0.25, 0.3) is 0 Å². The molecule has 0 heterocycles. The van der Waals surface area contributed by atoms with Gasteiger partial charge >= 0.3 is 5.97 Å². The van der Waals surface area contributed by atoms with E-state index in [9.17, 15) is 24.8 Å². The van der Waals surface area contributed by atoms with E-state index in [0.717, 1.165) is 0 Å². The Hall–Kier alpha value is -4.53. The summed E-state index contributed by atoms with van der Waals surface area (Å²) in [6.45, 7) is 0. The van der Waals surface area contributed by atoms with Crippen molar-refractivity contribution < 1.29 is 24.4 Å². The number of aromatic hydroxyl groups is 1. The Morgan fingerprint density at radius 1 is 1.00 bits per heavy atom. The number of esters is 1. The fourth-order valence-corrected chi connectivity index (χ4v) is 2.40. The lowest BCUT2D eigenvalue weighted by Crippen LogP contribution is -2.17. The maximum Gasteiger partial charge on any atom is 0.343 e. The molecule has 0 radical (unpaired) electrons. The zero-order valence-corrected chi connectivity index (χ0v) is 15.4. The van der Waals surface area contributed by atoms with E-state index in [2.05, 4.69) is 10.5 Å². The van der Waals surface area contributed by atoms with E-state index in [0.29, 0.717) is 5.56 Å². The number of phenolic OH excluding ortho intramolecular Hbond substituents is 1. The molecule has 0 aliphatic heterocycles. The second kappa shape index (κ2) is 9.11. The Morgan fingerprint density at radius 3 is 2.30 bits per heavy atom. The molecule has 0 atom stereocenters. The molecule has 2 N–H and O–H groups in total. The number of rotatable bonds is 6. The molecule has 1 amide bonds. The van der Waals surface area contributed by atoms with Gasteiger partial charge in [-0.3, -0.25) is 14.9 Å². The Bertz CT molecular complexity index is 1110. The number of para-hydroxylation sites is 1. The summed E-state index contributed by atoms with van der Waals surface area (Å²) in [5, 5.41) is 24.1. The fraction of sp³-hybridized carbons (Fsp3) is 0. The van der Waals surface area contributed by atoms with Crippen molar-refractivity contribution in [1.82, 2.24) is 5.43 Å². The number of nitro benzene ring substituents is 1. The maximum absolute atomic E-state index is 12.1. The normalized spacial score (nSPS) is 10.5. The zero-order valence-electron chi connectivity index (χ0n) is 15.4. The number of carbonyl (C=O) groups is 2. The number of carbonyl (C=O) groups excluding carboxylic acids is 2. The van der Waals surface area contributed by atoms with Crippen molar-refractivity contribution in [2.75, 3.05) is 0 Å². The molecular formula is C21H15N3O6. The van der Waals surface area contributed by atoms with Crippen LogP contribution in [0.1, 0.15) is 26.3 Å². The van der Waals surface area contributed by atoms with Crippen LogP contribution >= 0.6 is 0 Å². The number of amides is 1. The van der Waals surface area contributed by atoms with Crippen LogP contribution in [0.5, 0.6) is 11.5 Å². The molecule has 0 bridgehead atoms. The summed E-state index contributed by atoms with van der Waals surface area (Å²) in [5.41, 5.74) is 3.09. The van der Waals surface area contributed by atoms with Crippen LogP contribution in [-0.4, -0.2) is 28.1 Å². The van der Waals surface area contributed by atoms with Crippen molar-refractivity contribution in [1.29, 1.82) is 0 Å². The van der Waals surface area contributed by atoms with Gasteiger partial charge in [-0.15, -0.1) is 0 Å². The highest BCUT2D eigenvalue weighted by Gasteiger charge is 2.12. The molecule has 0 aliphatic carbocycles. The van der Waals surface area contributed by atoms with Crippen molar-refractivity contribution in [3.8, 4) is 11.5 Å². The van der Waals surface area contributed by atoms with Gasteiger partial charge in [-0.1, -0.05) is 12.1 Å². The largest absolute Gasteiger partial charge is 0.507 e. The molecule has 9 nitrogen and oxygen atoms in total. The molecule has 0 fully saturated rings. The highest BCUT2D eigenvalue weighted by Crippen LogP contribution is 2.17. The van der Waals surface area contributed by atoms with E-state index < -0.39 is 16.8 Å². The lowest BCUT2D eigenvalue weighted by molar-refractivity contribution is -0.384. The van der Waals surface area contributed by atoms with Gasteiger partial charge in [-0.25, -0.2) is 10.2 Å². The second-order valence-electron chi connectivity index (χ2n) is 5.98. The number of phenols is 1. The average molecular weight is 405 g/mol. The lowest BCUT2D eigenvalue weighted by atomic mass is 10.2. The number of nitro groups is 1. The van der Waals surface area contributed by atoms with Crippen molar-refractivity contribution >= 4 is 23.8 Å². The van der Waals surface area contributed by atoms with Crippen LogP contribution in [0.4, 0.5) is 5.69 Å². The Morgan fingerprint density at radius 2 is 1.67 bits per heavy atom. The zero-order chi connectivity index (χ0) is 21.5. The minimum Gasteiger partial charge on any atom is -0.507 e. The highest BCUT2D eigenvalue weighted by atomic mass is 16.6. The van der Waals surface area contributed by atoms with E-state index in [-0.39, 0.29) is 28.3 Å². The molecule has 0 unspecified atom stereocenters. The minimum absolute atomic E-state index is 0.100. The summed E-state index contributed by atoms with van der Waals surface area (Å²) in [7, 11) is 0. The average Bonchev–Trinajstić information content (AvgIpc) is 2.75.